The number of aliphatic imine (C=N–C) groups is 1. The summed E-state index contributed by atoms with van der Waals surface area (Å²) in [6.07, 6.45) is 0.980. The van der Waals surface area contributed by atoms with E-state index in [-0.39, 0.29) is 10.5 Å². The molecule has 7 nitrogen and oxygen atoms in total. The van der Waals surface area contributed by atoms with Crippen LogP contribution in [0.15, 0.2) is 28.1 Å². The van der Waals surface area contributed by atoms with E-state index in [4.69, 9.17) is 11.5 Å². The molecule has 1 aromatic rings. The minimum atomic E-state index is -3.48. The van der Waals surface area contributed by atoms with Gasteiger partial charge in [0.1, 0.15) is 5.75 Å². The zero-order valence-electron chi connectivity index (χ0n) is 8.91. The molecule has 0 fully saturated rings. The molecule has 8 heteroatoms. The number of sulfone groups is 1. The highest BCUT2D eigenvalue weighted by atomic mass is 32.2. The predicted molar refractivity (Wildman–Crippen MR) is 61.4 cm³/mol. The Morgan fingerprint density at radius 2 is 1.94 bits per heavy atom. The zero-order valence-corrected chi connectivity index (χ0v) is 9.73. The number of guanidine groups is 1. The number of carbonyl (C=O) groups excluding carboxylic acids is 1. The average Bonchev–Trinajstić information content (AvgIpc) is 2.15. The summed E-state index contributed by atoms with van der Waals surface area (Å²) in [5.74, 6) is -1.78. The van der Waals surface area contributed by atoms with Crippen LogP contribution in [0.25, 0.3) is 0 Å². The van der Waals surface area contributed by atoms with Crippen LogP contribution >= 0.6 is 0 Å². The van der Waals surface area contributed by atoms with Crippen molar-refractivity contribution in [1.82, 2.24) is 0 Å². The van der Waals surface area contributed by atoms with Gasteiger partial charge in [0.2, 0.25) is 0 Å². The maximum absolute atomic E-state index is 11.5. The van der Waals surface area contributed by atoms with Crippen LogP contribution in [-0.4, -0.2) is 31.6 Å². The van der Waals surface area contributed by atoms with Crippen LogP contribution in [0.5, 0.6) is 5.75 Å². The van der Waals surface area contributed by atoms with Crippen molar-refractivity contribution in [3.63, 3.8) is 0 Å². The van der Waals surface area contributed by atoms with E-state index in [9.17, 15) is 18.3 Å². The third-order valence-electron chi connectivity index (χ3n) is 1.86. The molecule has 0 aliphatic carbocycles. The van der Waals surface area contributed by atoms with Gasteiger partial charge in [-0.1, -0.05) is 0 Å². The number of phenolic OH excluding ortho intramolecular Hbond substituents is 1. The monoisotopic (exact) mass is 257 g/mol. The second-order valence-electron chi connectivity index (χ2n) is 3.29. The van der Waals surface area contributed by atoms with Crippen LogP contribution < -0.4 is 11.5 Å². The van der Waals surface area contributed by atoms with Crippen molar-refractivity contribution in [3.05, 3.63) is 23.8 Å². The van der Waals surface area contributed by atoms with Gasteiger partial charge in [0.05, 0.1) is 10.5 Å². The van der Waals surface area contributed by atoms with Crippen molar-refractivity contribution in [2.75, 3.05) is 6.26 Å². The summed E-state index contributed by atoms with van der Waals surface area (Å²) >= 11 is 0. The fraction of sp³-hybridized carbons (Fsp3) is 0.111. The number of phenols is 1. The SMILES string of the molecule is CS(=O)(=O)c1ccc(O)c(C(=O)N=C(N)N)c1. The number of aromatic hydroxyl groups is 1. The van der Waals surface area contributed by atoms with Gasteiger partial charge in [0, 0.05) is 6.26 Å². The van der Waals surface area contributed by atoms with Gasteiger partial charge in [-0.3, -0.25) is 4.79 Å². The fourth-order valence-electron chi connectivity index (χ4n) is 1.09. The first kappa shape index (κ1) is 13.0. The third-order valence-corrected chi connectivity index (χ3v) is 2.97. The van der Waals surface area contributed by atoms with E-state index < -0.39 is 27.5 Å². The molecule has 0 radical (unpaired) electrons. The van der Waals surface area contributed by atoms with Gasteiger partial charge in [-0.05, 0) is 18.2 Å². The predicted octanol–water partition coefficient (Wildman–Crippen LogP) is -0.791. The first-order valence-corrected chi connectivity index (χ1v) is 6.28. The Balaban J connectivity index is 3.35. The molecule has 17 heavy (non-hydrogen) atoms. The minimum Gasteiger partial charge on any atom is -0.507 e. The van der Waals surface area contributed by atoms with Crippen LogP contribution in [0.2, 0.25) is 0 Å². The van der Waals surface area contributed by atoms with Crippen molar-refractivity contribution in [2.45, 2.75) is 4.90 Å². The molecule has 92 valence electrons. The van der Waals surface area contributed by atoms with E-state index in [1.807, 2.05) is 0 Å². The molecule has 0 aliphatic heterocycles. The van der Waals surface area contributed by atoms with Crippen LogP contribution in [0, 0.1) is 0 Å². The quantitative estimate of drug-likeness (QED) is 0.469. The molecule has 1 rings (SSSR count). The van der Waals surface area contributed by atoms with Crippen LogP contribution in [0.3, 0.4) is 0 Å². The van der Waals surface area contributed by atoms with Gasteiger partial charge in [0.25, 0.3) is 5.91 Å². The largest absolute Gasteiger partial charge is 0.507 e. The number of amides is 1. The highest BCUT2D eigenvalue weighted by Crippen LogP contribution is 2.22. The molecule has 1 aromatic carbocycles. The van der Waals surface area contributed by atoms with E-state index in [0.29, 0.717) is 0 Å². The van der Waals surface area contributed by atoms with E-state index >= 15 is 0 Å². The summed E-state index contributed by atoms with van der Waals surface area (Å²) in [6, 6.07) is 3.28. The average molecular weight is 257 g/mol. The van der Waals surface area contributed by atoms with Gasteiger partial charge in [-0.25, -0.2) is 8.42 Å². The summed E-state index contributed by atoms with van der Waals surface area (Å²) in [7, 11) is -3.48. The molecule has 0 aromatic heterocycles. The van der Waals surface area contributed by atoms with Gasteiger partial charge in [-0.2, -0.15) is 4.99 Å². The Morgan fingerprint density at radius 1 is 1.35 bits per heavy atom. The van der Waals surface area contributed by atoms with Crippen molar-refractivity contribution in [3.8, 4) is 5.75 Å². The van der Waals surface area contributed by atoms with Gasteiger partial charge in [-0.15, -0.1) is 0 Å². The lowest BCUT2D eigenvalue weighted by Gasteiger charge is -2.03. The lowest BCUT2D eigenvalue weighted by Crippen LogP contribution is -2.24. The Morgan fingerprint density at radius 3 is 2.41 bits per heavy atom. The molecule has 0 saturated carbocycles. The number of nitrogens with two attached hydrogens (primary N) is 2. The Hall–Kier alpha value is -2.09. The molecule has 0 aliphatic rings. The summed E-state index contributed by atoms with van der Waals surface area (Å²) in [5.41, 5.74) is 9.75. The molecule has 0 atom stereocenters. The Bertz CT molecular complexity index is 588. The van der Waals surface area contributed by atoms with Crippen molar-refractivity contribution < 1.29 is 18.3 Å². The third kappa shape index (κ3) is 3.18. The Kier molecular flexibility index (Phi) is 3.37. The molecule has 0 bridgehead atoms. The number of benzene rings is 1. The van der Waals surface area contributed by atoms with E-state index in [1.165, 1.54) is 6.07 Å². The number of hydrogen-bond acceptors (Lipinski definition) is 4. The maximum Gasteiger partial charge on any atom is 0.283 e. The van der Waals surface area contributed by atoms with Crippen molar-refractivity contribution in [1.29, 1.82) is 0 Å². The van der Waals surface area contributed by atoms with E-state index in [0.717, 1.165) is 18.4 Å². The number of rotatable bonds is 2. The summed E-state index contributed by atoms with van der Waals surface area (Å²) in [5, 5.41) is 9.42. The fourth-order valence-corrected chi connectivity index (χ4v) is 1.74. The number of hydrogen-bond donors (Lipinski definition) is 3. The molecule has 0 saturated heterocycles. The maximum atomic E-state index is 11.5. The van der Waals surface area contributed by atoms with Gasteiger partial charge in [0.15, 0.2) is 15.8 Å². The first-order valence-electron chi connectivity index (χ1n) is 4.39. The highest BCUT2D eigenvalue weighted by Gasteiger charge is 2.15. The molecular weight excluding hydrogens is 246 g/mol. The van der Waals surface area contributed by atoms with Crippen LogP contribution in [0.4, 0.5) is 0 Å². The van der Waals surface area contributed by atoms with E-state index in [1.54, 1.807) is 0 Å². The molecule has 5 N–H and O–H groups in total. The smallest absolute Gasteiger partial charge is 0.283 e. The molecule has 0 unspecified atom stereocenters. The number of carbonyl (C=O) groups is 1. The number of nitrogens with zero attached hydrogens (tertiary/aromatic N) is 1. The minimum absolute atomic E-state index is 0.107. The van der Waals surface area contributed by atoms with Crippen molar-refractivity contribution >= 4 is 21.7 Å². The Labute approximate surface area is 97.7 Å². The standard InChI is InChI=1S/C9H11N3O4S/c1-17(15,16)5-2-3-7(13)6(4-5)8(14)12-9(10)11/h2-4,13H,1H3,(H4,10,11,12,14). The van der Waals surface area contributed by atoms with Gasteiger partial charge >= 0.3 is 0 Å². The summed E-state index contributed by atoms with van der Waals surface area (Å²) < 4.78 is 22.5. The molecule has 1 amide bonds. The second kappa shape index (κ2) is 4.42. The van der Waals surface area contributed by atoms with E-state index in [2.05, 4.69) is 4.99 Å². The summed E-state index contributed by atoms with van der Waals surface area (Å²) in [4.78, 5) is 14.6. The highest BCUT2D eigenvalue weighted by molar-refractivity contribution is 7.90. The topological polar surface area (TPSA) is 136 Å². The lowest BCUT2D eigenvalue weighted by molar-refractivity contribution is 0.1000. The second-order valence-corrected chi connectivity index (χ2v) is 5.31. The lowest BCUT2D eigenvalue weighted by atomic mass is 10.2. The molecular formula is C9H11N3O4S. The van der Waals surface area contributed by atoms with Crippen molar-refractivity contribution in [2.24, 2.45) is 16.5 Å². The summed E-state index contributed by atoms with van der Waals surface area (Å²) in [6.45, 7) is 0. The van der Waals surface area contributed by atoms with Crippen LogP contribution in [-0.2, 0) is 9.84 Å². The normalized spacial score (nSPS) is 10.9. The molecule has 0 spiro atoms. The van der Waals surface area contributed by atoms with Gasteiger partial charge < -0.3 is 16.6 Å². The molecule has 0 heterocycles. The first-order chi connectivity index (χ1) is 7.71. The van der Waals surface area contributed by atoms with Crippen LogP contribution in [0.1, 0.15) is 10.4 Å². The zero-order chi connectivity index (χ0) is 13.2.